The summed E-state index contributed by atoms with van der Waals surface area (Å²) in [5, 5.41) is 12.1. The van der Waals surface area contributed by atoms with E-state index in [1.165, 1.54) is 33.4 Å². The lowest BCUT2D eigenvalue weighted by atomic mass is 9.66. The van der Waals surface area contributed by atoms with Gasteiger partial charge < -0.3 is 19.3 Å². The van der Waals surface area contributed by atoms with Crippen molar-refractivity contribution in [2.45, 2.75) is 11.0 Å². The maximum Gasteiger partial charge on any atom is 0.194 e. The number of halogens is 5. The van der Waals surface area contributed by atoms with Crippen molar-refractivity contribution in [3.05, 3.63) is 353 Å². The van der Waals surface area contributed by atoms with E-state index in [1.54, 1.807) is 0 Å². The summed E-state index contributed by atoms with van der Waals surface area (Å²) in [4.78, 5) is 12.0. The van der Waals surface area contributed by atoms with Crippen LogP contribution in [0.2, 0.25) is 0 Å². The number of hydrogen-bond acceptors (Lipinski definition) is 5. The van der Waals surface area contributed by atoms with Crippen molar-refractivity contribution in [1.82, 2.24) is 0 Å². The fraction of sp³-hybridized carbons (Fsp3) is 0.0267. The minimum absolute atomic E-state index is 0. The van der Waals surface area contributed by atoms with Gasteiger partial charge >= 0.3 is 0 Å². The summed E-state index contributed by atoms with van der Waals surface area (Å²) in [6.45, 7) is 0. The van der Waals surface area contributed by atoms with Crippen molar-refractivity contribution in [3.63, 3.8) is 0 Å². The lowest BCUT2D eigenvalue weighted by molar-refractivity contribution is 0.104. The zero-order valence-corrected chi connectivity index (χ0v) is 52.3. The van der Waals surface area contributed by atoms with Gasteiger partial charge in [-0.3, -0.25) is 4.79 Å². The van der Waals surface area contributed by atoms with Gasteiger partial charge in [0, 0.05) is 52.4 Å². The minimum atomic E-state index is -1.29. The van der Waals surface area contributed by atoms with Gasteiger partial charge in [0.1, 0.15) is 40.1 Å². The lowest BCUT2D eigenvalue weighted by Crippen LogP contribution is -2.32. The molecule has 1 N–H and O–H groups in total. The van der Waals surface area contributed by atoms with E-state index in [1.807, 2.05) is 194 Å². The number of ether oxygens (including phenoxy) is 3. The minimum Gasteiger partial charge on any atom is -0.457 e. The van der Waals surface area contributed by atoms with Crippen molar-refractivity contribution in [1.29, 1.82) is 0 Å². The lowest BCUT2D eigenvalue weighted by Gasteiger charge is -2.39. The summed E-state index contributed by atoms with van der Waals surface area (Å²) in [5.74, 6) is 5.04. The molecule has 0 saturated heterocycles. The molecule has 0 saturated carbocycles. The van der Waals surface area contributed by atoms with Crippen LogP contribution in [0.5, 0.6) is 34.5 Å². The first-order valence-corrected chi connectivity index (χ1v) is 30.4. The zero-order valence-electron chi connectivity index (χ0n) is 45.1. The Kier molecular flexibility index (Phi) is 16.5. The van der Waals surface area contributed by atoms with E-state index in [-0.39, 0.29) is 23.6 Å². The van der Waals surface area contributed by atoms with E-state index in [2.05, 4.69) is 155 Å². The first-order valence-electron chi connectivity index (χ1n) is 27.2. The zero-order chi connectivity index (χ0) is 57.4. The normalized spacial score (nSPS) is 14.1. The van der Waals surface area contributed by atoms with Gasteiger partial charge in [0.2, 0.25) is 0 Å². The average Bonchev–Trinajstić information content (AvgIpc) is 1.96. The van der Waals surface area contributed by atoms with Crippen molar-refractivity contribution >= 4 is 81.9 Å². The summed E-state index contributed by atoms with van der Waals surface area (Å²) in [5.41, 5.74) is 14.2. The summed E-state index contributed by atoms with van der Waals surface area (Å²) in [6, 6.07) is 94.8. The number of carbonyl (C=O) groups is 1. The Hall–Kier alpha value is -8.12. The number of aliphatic hydroxyl groups is 1. The number of fused-ring (bicyclic) bond motifs is 15. The summed E-state index contributed by atoms with van der Waals surface area (Å²) in [7, 11) is 0. The molecule has 1 atom stereocenters. The molecule has 1 heterocycles. The van der Waals surface area contributed by atoms with Gasteiger partial charge in [-0.2, -0.15) is 0 Å². The van der Waals surface area contributed by atoms with E-state index < -0.39 is 5.60 Å². The van der Waals surface area contributed by atoms with E-state index in [4.69, 9.17) is 14.2 Å². The second-order valence-electron chi connectivity index (χ2n) is 20.3. The topological polar surface area (TPSA) is 65.0 Å². The summed E-state index contributed by atoms with van der Waals surface area (Å²) in [6.07, 6.45) is 0. The third-order valence-corrected chi connectivity index (χ3v) is 17.7. The Labute approximate surface area is 533 Å². The number of benzene rings is 12. The van der Waals surface area contributed by atoms with Crippen LogP contribution < -0.4 is 14.2 Å². The molecule has 0 radical (unpaired) electrons. The van der Waals surface area contributed by atoms with E-state index in [0.29, 0.717) is 5.75 Å². The molecule has 16 rings (SSSR count). The number of ketones is 1. The van der Waals surface area contributed by atoms with Gasteiger partial charge in [-0.25, -0.2) is 0 Å². The maximum atomic E-state index is 12.1. The van der Waals surface area contributed by atoms with Gasteiger partial charge in [0.15, 0.2) is 5.78 Å². The molecule has 4 aliphatic rings. The molecule has 5 nitrogen and oxygen atoms in total. The van der Waals surface area contributed by atoms with Crippen LogP contribution in [0.3, 0.4) is 0 Å². The van der Waals surface area contributed by atoms with E-state index in [9.17, 15) is 9.90 Å². The smallest absolute Gasteiger partial charge is 0.194 e. The highest BCUT2D eigenvalue weighted by Gasteiger charge is 2.51. The van der Waals surface area contributed by atoms with Crippen molar-refractivity contribution in [3.8, 4) is 67.9 Å². The van der Waals surface area contributed by atoms with Crippen LogP contribution in [0, 0.1) is 0 Å². The quantitative estimate of drug-likeness (QED) is 0.186. The summed E-state index contributed by atoms with van der Waals surface area (Å²) < 4.78 is 22.1. The van der Waals surface area contributed by atoms with Crippen LogP contribution in [0.4, 0.5) is 0 Å². The van der Waals surface area contributed by atoms with E-state index in [0.717, 1.165) is 96.7 Å². The fourth-order valence-corrected chi connectivity index (χ4v) is 13.4. The molecule has 85 heavy (non-hydrogen) atoms. The van der Waals surface area contributed by atoms with Crippen LogP contribution >= 0.6 is 76.1 Å². The van der Waals surface area contributed by atoms with Crippen molar-refractivity contribution < 1.29 is 24.1 Å². The molecule has 0 bridgehead atoms. The van der Waals surface area contributed by atoms with Crippen LogP contribution in [0.25, 0.3) is 33.4 Å². The number of para-hydroxylation sites is 6. The van der Waals surface area contributed by atoms with Gasteiger partial charge in [-0.05, 0) is 151 Å². The molecule has 3 aliphatic carbocycles. The Bertz CT molecular complexity index is 4430. The Morgan fingerprint density at radius 3 is 1.31 bits per heavy atom. The maximum absolute atomic E-state index is 12.1. The highest BCUT2D eigenvalue weighted by atomic mass is 79.9. The second-order valence-corrected chi connectivity index (χ2v) is 23.9. The van der Waals surface area contributed by atoms with Crippen LogP contribution in [-0.4, -0.2) is 10.9 Å². The summed E-state index contributed by atoms with van der Waals surface area (Å²) >= 11 is 14.1. The average molecular weight is 1390 g/mol. The largest absolute Gasteiger partial charge is 0.457 e. The number of rotatable bonds is 5. The Morgan fingerprint density at radius 2 is 0.706 bits per heavy atom. The van der Waals surface area contributed by atoms with Crippen LogP contribution in [0.15, 0.2) is 303 Å². The number of hydrogen-bond donors (Lipinski definition) is 1. The third kappa shape index (κ3) is 10.6. The van der Waals surface area contributed by atoms with Crippen LogP contribution in [0.1, 0.15) is 54.9 Å². The molecule has 0 fully saturated rings. The molecule has 1 aliphatic heterocycles. The molecule has 1 spiro atoms. The van der Waals surface area contributed by atoms with E-state index >= 15 is 0 Å². The Balaban J connectivity index is 0.000000116. The molecule has 1 unspecified atom stereocenters. The van der Waals surface area contributed by atoms with Crippen molar-refractivity contribution in [2.24, 2.45) is 0 Å². The molecular formula is C75H49Br4ClO5. The van der Waals surface area contributed by atoms with Gasteiger partial charge in [0.05, 0.1) is 9.89 Å². The third-order valence-electron chi connectivity index (χ3n) is 15.5. The highest BCUT2D eigenvalue weighted by Crippen LogP contribution is 2.62. The first-order chi connectivity index (χ1) is 41.1. The second kappa shape index (κ2) is 24.5. The van der Waals surface area contributed by atoms with Gasteiger partial charge in [0.25, 0.3) is 0 Å². The molecule has 414 valence electrons. The molecule has 12 aromatic carbocycles. The molecule has 12 aromatic rings. The highest BCUT2D eigenvalue weighted by molar-refractivity contribution is 9.11. The SMILES string of the molecule is Brc1ccc2c(c1)C1(c3ccccc3Oc3ccccc31)c1ccccc1-2.Brc1ccccc1Oc1ccccc1.Cl.O=C1c2ccccc2-c2ccc(Br)cc21.OC1(c2ccccc2Oc2ccccc2)c2ccccc2-c2ccc(Br)cc21. The molecule has 0 aromatic heterocycles. The predicted molar refractivity (Wildman–Crippen MR) is 357 cm³/mol. The fourth-order valence-electron chi connectivity index (χ4n) is 12.0. The molecule has 0 amide bonds. The van der Waals surface area contributed by atoms with Gasteiger partial charge in [-0.1, -0.05) is 242 Å². The standard InChI is InChI=1S/C25H17BrO2.C25H15BrO.C13H7BrO.C12H9BrO.ClH/c26-17-14-15-20-19-10-4-5-11-21(19)25(27,23(20)16-17)22-12-6-7-13-24(22)28-18-8-2-1-3-9-18;26-16-13-14-18-17-7-1-2-8-19(17)25(22(18)15-16)20-9-3-5-11-23(20)27-24-12-6-4-10-21(24)25;14-8-5-6-10-9-3-1-2-4-11(9)13(15)12(10)7-8;13-11-8-4-5-9-12(11)14-10-6-2-1-3-7-10;/h1-16,27H;1-15H;1-7H;1-9H;1H. The number of carbonyl (C=O) groups excluding carboxylic acids is 1. The molecule has 10 heteroatoms. The Morgan fingerprint density at radius 1 is 0.318 bits per heavy atom. The molecular weight excluding hydrogens is 1340 g/mol. The predicted octanol–water partition coefficient (Wildman–Crippen LogP) is 21.7. The first kappa shape index (κ1) is 57.3. The monoisotopic (exact) mass is 1380 g/mol. The van der Waals surface area contributed by atoms with Crippen molar-refractivity contribution in [2.75, 3.05) is 0 Å². The van der Waals surface area contributed by atoms with Gasteiger partial charge in [-0.15, -0.1) is 12.4 Å². The van der Waals surface area contributed by atoms with Crippen LogP contribution in [-0.2, 0) is 11.0 Å².